The van der Waals surface area contributed by atoms with Crippen LogP contribution in [0.25, 0.3) is 10.8 Å². The molecule has 2 amide bonds. The third-order valence-corrected chi connectivity index (χ3v) is 5.91. The van der Waals surface area contributed by atoms with Gasteiger partial charge in [-0.2, -0.15) is 11.8 Å². The normalized spacial score (nSPS) is 13.4. The lowest BCUT2D eigenvalue weighted by molar-refractivity contribution is -0.691. The Morgan fingerprint density at radius 1 is 1.10 bits per heavy atom. The van der Waals surface area contributed by atoms with Crippen LogP contribution >= 0.6 is 11.8 Å². The van der Waals surface area contributed by atoms with Gasteiger partial charge < -0.3 is 5.32 Å². The van der Waals surface area contributed by atoms with E-state index in [1.165, 1.54) is 11.9 Å². The lowest BCUT2D eigenvalue weighted by Gasteiger charge is -2.24. The summed E-state index contributed by atoms with van der Waals surface area (Å²) in [6.07, 6.45) is 9.46. The van der Waals surface area contributed by atoms with Crippen molar-refractivity contribution in [3.8, 4) is 0 Å². The molecule has 0 saturated carbocycles. The molecule has 7 heteroatoms. The maximum Gasteiger partial charge on any atom is 0.261 e. The first-order chi connectivity index (χ1) is 14.1. The van der Waals surface area contributed by atoms with Crippen molar-refractivity contribution < 1.29 is 14.2 Å². The second-order valence-electron chi connectivity index (χ2n) is 7.22. The van der Waals surface area contributed by atoms with Crippen molar-refractivity contribution in [1.29, 1.82) is 0 Å². The smallest absolute Gasteiger partial charge is 0.261 e. The van der Waals surface area contributed by atoms with Crippen LogP contribution in [0.3, 0.4) is 0 Å². The van der Waals surface area contributed by atoms with E-state index in [-0.39, 0.29) is 11.8 Å². The van der Waals surface area contributed by atoms with E-state index in [0.29, 0.717) is 11.1 Å². The second-order valence-corrected chi connectivity index (χ2v) is 8.21. The Balaban J connectivity index is 1.45. The van der Waals surface area contributed by atoms with Crippen molar-refractivity contribution in [2.24, 2.45) is 0 Å². The van der Waals surface area contributed by atoms with Crippen LogP contribution in [-0.4, -0.2) is 46.9 Å². The van der Waals surface area contributed by atoms with Crippen LogP contribution in [0.4, 0.5) is 5.69 Å². The summed E-state index contributed by atoms with van der Waals surface area (Å²) >= 11 is 1.85. The number of imidazole rings is 1. The molecule has 1 N–H and O–H groups in total. The number of carbonyl (C=O) groups excluding carboxylic acids is 2. The molecule has 3 aromatic rings. The van der Waals surface area contributed by atoms with Crippen LogP contribution in [0.1, 0.15) is 27.1 Å². The average Bonchev–Trinajstić information content (AvgIpc) is 3.20. The molecular formula is C22H25N4O2S+. The highest BCUT2D eigenvalue weighted by Gasteiger charge is 2.30. The Morgan fingerprint density at radius 2 is 1.90 bits per heavy atom. The van der Waals surface area contributed by atoms with E-state index in [1.807, 2.05) is 36.0 Å². The molecule has 1 aromatic heterocycles. The summed E-state index contributed by atoms with van der Waals surface area (Å²) in [6, 6.07) is 9.40. The molecule has 0 aliphatic carbocycles. The van der Waals surface area contributed by atoms with Crippen molar-refractivity contribution in [3.05, 3.63) is 60.2 Å². The molecule has 0 unspecified atom stereocenters. The van der Waals surface area contributed by atoms with Gasteiger partial charge >= 0.3 is 0 Å². The molecule has 0 radical (unpaired) electrons. The Hall–Kier alpha value is -2.80. The molecule has 1 aliphatic heterocycles. The third kappa shape index (κ3) is 3.74. The number of amides is 2. The molecule has 6 nitrogen and oxygen atoms in total. The van der Waals surface area contributed by atoms with E-state index >= 15 is 0 Å². The number of aryl methyl sites for hydroxylation is 2. The molecule has 2 aromatic carbocycles. The van der Waals surface area contributed by atoms with Gasteiger partial charge in [0, 0.05) is 53.4 Å². The fraction of sp³-hybridized carbons (Fsp3) is 0.318. The van der Waals surface area contributed by atoms with E-state index in [9.17, 15) is 9.59 Å². The minimum Gasteiger partial charge on any atom is -0.384 e. The monoisotopic (exact) mass is 409 g/mol. The molecule has 0 fully saturated rings. The molecule has 0 bridgehead atoms. The number of carbonyl (C=O) groups is 2. The largest absolute Gasteiger partial charge is 0.384 e. The number of aromatic nitrogens is 2. The number of anilines is 1. The van der Waals surface area contributed by atoms with Crippen molar-refractivity contribution in [1.82, 2.24) is 9.47 Å². The van der Waals surface area contributed by atoms with Crippen molar-refractivity contribution >= 4 is 40.0 Å². The zero-order chi connectivity index (χ0) is 20.4. The van der Waals surface area contributed by atoms with Crippen LogP contribution in [-0.2, 0) is 13.1 Å². The van der Waals surface area contributed by atoms with Gasteiger partial charge in [0.1, 0.15) is 12.4 Å². The number of hydrogen-bond acceptors (Lipinski definition) is 4. The molecule has 0 spiro atoms. The lowest BCUT2D eigenvalue weighted by Crippen LogP contribution is -2.36. The van der Waals surface area contributed by atoms with E-state index in [0.717, 1.165) is 48.3 Å². The van der Waals surface area contributed by atoms with E-state index < -0.39 is 0 Å². The number of nitrogens with one attached hydrogen (secondary N) is 1. The number of benzene rings is 2. The Labute approximate surface area is 174 Å². The Bertz CT molecular complexity index is 1050. The number of hydrogen-bond donors (Lipinski definition) is 1. The molecule has 2 heterocycles. The molecule has 4 rings (SSSR count). The topological polar surface area (TPSA) is 58.2 Å². The Morgan fingerprint density at radius 3 is 2.69 bits per heavy atom. The molecular weight excluding hydrogens is 384 g/mol. The molecule has 1 aliphatic rings. The summed E-state index contributed by atoms with van der Waals surface area (Å²) in [7, 11) is 1.53. The zero-order valence-corrected chi connectivity index (χ0v) is 17.5. The van der Waals surface area contributed by atoms with Crippen molar-refractivity contribution in [3.63, 3.8) is 0 Å². The first-order valence-corrected chi connectivity index (χ1v) is 11.2. The zero-order valence-electron chi connectivity index (χ0n) is 16.7. The van der Waals surface area contributed by atoms with Gasteiger partial charge in [0.05, 0.1) is 13.1 Å². The van der Waals surface area contributed by atoms with Crippen LogP contribution in [0.5, 0.6) is 0 Å². The predicted molar refractivity (Wildman–Crippen MR) is 116 cm³/mol. The third-order valence-electron chi connectivity index (χ3n) is 5.32. The van der Waals surface area contributed by atoms with Crippen LogP contribution in [0, 0.1) is 0 Å². The van der Waals surface area contributed by atoms with E-state index in [4.69, 9.17) is 0 Å². The molecule has 150 valence electrons. The van der Waals surface area contributed by atoms with Gasteiger partial charge in [-0.1, -0.05) is 12.1 Å². The number of rotatable bonds is 8. The summed E-state index contributed by atoms with van der Waals surface area (Å²) in [4.78, 5) is 26.2. The van der Waals surface area contributed by atoms with Gasteiger partial charge in [-0.3, -0.25) is 14.5 Å². The average molecular weight is 410 g/mol. The quantitative estimate of drug-likeness (QED) is 0.353. The van der Waals surface area contributed by atoms with Gasteiger partial charge in [-0.25, -0.2) is 9.13 Å². The fourth-order valence-electron chi connectivity index (χ4n) is 3.76. The van der Waals surface area contributed by atoms with Crippen LogP contribution < -0.4 is 9.88 Å². The van der Waals surface area contributed by atoms with Crippen molar-refractivity contribution in [2.45, 2.75) is 19.5 Å². The van der Waals surface area contributed by atoms with Gasteiger partial charge in [-0.15, -0.1) is 0 Å². The summed E-state index contributed by atoms with van der Waals surface area (Å²) in [6.45, 7) is 2.77. The lowest BCUT2D eigenvalue weighted by atomic mass is 9.93. The van der Waals surface area contributed by atoms with Gasteiger partial charge in [0.25, 0.3) is 11.8 Å². The highest BCUT2D eigenvalue weighted by Crippen LogP contribution is 2.33. The number of nitrogens with zero attached hydrogens (tertiary/aromatic N) is 3. The number of imide groups is 1. The minimum atomic E-state index is -0.243. The van der Waals surface area contributed by atoms with Gasteiger partial charge in [0.15, 0.2) is 0 Å². The maximum atomic E-state index is 12.5. The summed E-state index contributed by atoms with van der Waals surface area (Å²) < 4.78 is 4.41. The maximum absolute atomic E-state index is 12.5. The fourth-order valence-corrected chi connectivity index (χ4v) is 4.15. The first kappa shape index (κ1) is 19.5. The molecule has 0 atom stereocenters. The van der Waals surface area contributed by atoms with Gasteiger partial charge in [-0.05, 0) is 24.5 Å². The Kier molecular flexibility index (Phi) is 5.58. The van der Waals surface area contributed by atoms with E-state index in [1.54, 1.807) is 6.07 Å². The first-order valence-electron chi connectivity index (χ1n) is 9.76. The minimum absolute atomic E-state index is 0.243. The number of thioether (sulfide) groups is 1. The predicted octanol–water partition coefficient (Wildman–Crippen LogP) is 3.02. The summed E-state index contributed by atoms with van der Waals surface area (Å²) in [5.41, 5.74) is 2.13. The summed E-state index contributed by atoms with van der Waals surface area (Å²) in [5, 5.41) is 5.16. The molecule has 29 heavy (non-hydrogen) atoms. The summed E-state index contributed by atoms with van der Waals surface area (Å²) in [5.74, 6) is 0.627. The van der Waals surface area contributed by atoms with Crippen LogP contribution in [0.15, 0.2) is 49.1 Å². The highest BCUT2D eigenvalue weighted by atomic mass is 32.2. The standard InChI is InChI=1S/C22H24N4O2S/c1-24-21(27)17-6-3-5-16-19(8-7-18(20(16)17)22(24)28)23-9-4-10-25-11-12-26(15-25)13-14-29-2/h3,5-8,11-12,15H,4,9-10,13-14H2,1-2H3/p+1. The molecule has 0 saturated heterocycles. The van der Waals surface area contributed by atoms with Crippen molar-refractivity contribution in [2.75, 3.05) is 30.9 Å². The van der Waals surface area contributed by atoms with E-state index in [2.05, 4.69) is 39.4 Å². The highest BCUT2D eigenvalue weighted by molar-refractivity contribution is 7.98. The van der Waals surface area contributed by atoms with Crippen LogP contribution in [0.2, 0.25) is 0 Å². The second kappa shape index (κ2) is 8.29. The van der Waals surface area contributed by atoms with Gasteiger partial charge in [0.2, 0.25) is 6.33 Å². The SMILES string of the molecule is CSCC[n+]1ccn(CCCNc2ccc3c4c(cccc24)C(=O)N(C)C3=O)c1.